The Kier molecular flexibility index (Phi) is 3.68. The Bertz CT molecular complexity index is 256. The molecule has 0 aromatic heterocycles. The van der Waals surface area contributed by atoms with E-state index in [4.69, 9.17) is 9.47 Å². The Balaban J connectivity index is 0.000000853. The zero-order valence-electron chi connectivity index (χ0n) is 8.52. The van der Waals surface area contributed by atoms with Gasteiger partial charge in [-0.1, -0.05) is 0 Å². The van der Waals surface area contributed by atoms with Gasteiger partial charge in [0, 0.05) is 13.1 Å². The Morgan fingerprint density at radius 1 is 1.20 bits per heavy atom. The van der Waals surface area contributed by atoms with Gasteiger partial charge in [-0.2, -0.15) is 0 Å². The van der Waals surface area contributed by atoms with E-state index in [2.05, 4.69) is 15.2 Å². The van der Waals surface area contributed by atoms with Gasteiger partial charge in [-0.15, -0.1) is 24.0 Å². The monoisotopic (exact) mass is 325 g/mol. The molecule has 0 amide bonds. The Morgan fingerprint density at radius 3 is 2.73 bits per heavy atom. The first-order valence-electron chi connectivity index (χ1n) is 5.18. The van der Waals surface area contributed by atoms with Crippen LogP contribution in [0.3, 0.4) is 0 Å². The van der Waals surface area contributed by atoms with Crippen LogP contribution in [-0.2, 0) is 9.47 Å². The van der Waals surface area contributed by atoms with E-state index in [-0.39, 0.29) is 24.0 Å². The molecule has 0 spiro atoms. The fourth-order valence-corrected chi connectivity index (χ4v) is 2.12. The van der Waals surface area contributed by atoms with Crippen molar-refractivity contribution < 1.29 is 9.47 Å². The van der Waals surface area contributed by atoms with Crippen LogP contribution in [0.15, 0.2) is 4.99 Å². The molecule has 2 saturated heterocycles. The van der Waals surface area contributed by atoms with Crippen LogP contribution in [0, 0.1) is 0 Å². The zero-order chi connectivity index (χ0) is 9.38. The second-order valence-corrected chi connectivity index (χ2v) is 3.91. The van der Waals surface area contributed by atoms with E-state index in [0.29, 0.717) is 12.1 Å². The van der Waals surface area contributed by atoms with Crippen LogP contribution >= 0.6 is 24.0 Å². The second-order valence-electron chi connectivity index (χ2n) is 3.91. The third kappa shape index (κ3) is 2.21. The number of hydrogen-bond donors (Lipinski definition) is 1. The van der Waals surface area contributed by atoms with Gasteiger partial charge in [0.1, 0.15) is 0 Å². The number of nitrogens with zero attached hydrogens (tertiary/aromatic N) is 2. The molecule has 0 bridgehead atoms. The van der Waals surface area contributed by atoms with Gasteiger partial charge in [-0.3, -0.25) is 0 Å². The highest BCUT2D eigenvalue weighted by Gasteiger charge is 2.35. The first-order chi connectivity index (χ1) is 6.93. The van der Waals surface area contributed by atoms with Crippen LogP contribution < -0.4 is 5.32 Å². The number of rotatable bonds is 0. The summed E-state index contributed by atoms with van der Waals surface area (Å²) in [4.78, 5) is 6.89. The van der Waals surface area contributed by atoms with Gasteiger partial charge in [0.25, 0.3) is 0 Å². The molecule has 1 N–H and O–H groups in total. The lowest BCUT2D eigenvalue weighted by Gasteiger charge is -2.28. The molecule has 0 unspecified atom stereocenters. The molecule has 0 aliphatic carbocycles. The van der Waals surface area contributed by atoms with E-state index in [1.54, 1.807) is 0 Å². The molecular formula is C9H16IN3O2. The molecule has 0 radical (unpaired) electrons. The molecule has 15 heavy (non-hydrogen) atoms. The smallest absolute Gasteiger partial charge is 0.194 e. The molecule has 0 aromatic carbocycles. The predicted molar refractivity (Wildman–Crippen MR) is 66.8 cm³/mol. The largest absolute Gasteiger partial charge is 0.378 e. The minimum atomic E-state index is 0. The summed E-state index contributed by atoms with van der Waals surface area (Å²) in [6.07, 6.45) is 0. The maximum Gasteiger partial charge on any atom is 0.194 e. The van der Waals surface area contributed by atoms with Crippen molar-refractivity contribution in [3.63, 3.8) is 0 Å². The number of morpholine rings is 1. The lowest BCUT2D eigenvalue weighted by molar-refractivity contribution is 0.0664. The second kappa shape index (κ2) is 4.84. The number of ether oxygens (including phenoxy) is 2. The van der Waals surface area contributed by atoms with E-state index in [0.717, 1.165) is 45.5 Å². The first-order valence-corrected chi connectivity index (χ1v) is 5.18. The highest BCUT2D eigenvalue weighted by atomic mass is 127. The molecular weight excluding hydrogens is 309 g/mol. The topological polar surface area (TPSA) is 46.1 Å². The van der Waals surface area contributed by atoms with Gasteiger partial charge in [0.2, 0.25) is 0 Å². The van der Waals surface area contributed by atoms with Gasteiger partial charge in [-0.25, -0.2) is 4.99 Å². The molecule has 3 aliphatic heterocycles. The number of nitrogens with one attached hydrogen (secondary N) is 1. The molecule has 6 heteroatoms. The van der Waals surface area contributed by atoms with Crippen molar-refractivity contribution in [2.75, 3.05) is 39.5 Å². The number of hydrogen-bond acceptors (Lipinski definition) is 5. The lowest BCUT2D eigenvalue weighted by Crippen LogP contribution is -2.48. The van der Waals surface area contributed by atoms with Crippen LogP contribution in [-0.4, -0.2) is 62.5 Å². The third-order valence-electron chi connectivity index (χ3n) is 2.96. The number of guanidine groups is 1. The molecule has 0 saturated carbocycles. The van der Waals surface area contributed by atoms with Crippen LogP contribution in [0.4, 0.5) is 0 Å². The fourth-order valence-electron chi connectivity index (χ4n) is 2.12. The average Bonchev–Trinajstić information content (AvgIpc) is 2.78. The van der Waals surface area contributed by atoms with Crippen molar-refractivity contribution in [3.05, 3.63) is 0 Å². The van der Waals surface area contributed by atoms with Crippen molar-refractivity contribution in [3.8, 4) is 0 Å². The summed E-state index contributed by atoms with van der Waals surface area (Å²) >= 11 is 0. The third-order valence-corrected chi connectivity index (χ3v) is 2.96. The molecule has 2 atom stereocenters. The van der Waals surface area contributed by atoms with E-state index >= 15 is 0 Å². The summed E-state index contributed by atoms with van der Waals surface area (Å²) in [5.74, 6) is 1.05. The summed E-state index contributed by atoms with van der Waals surface area (Å²) in [6, 6.07) is 0.751. The summed E-state index contributed by atoms with van der Waals surface area (Å²) in [6.45, 7) is 5.09. The maximum atomic E-state index is 5.33. The Hall–Kier alpha value is -0.0800. The highest BCUT2D eigenvalue weighted by Crippen LogP contribution is 2.16. The standard InChI is InChI=1S/C9H15N3O2.HI/c1-3-13-4-2-12(1)9-10-7-5-14-6-8(7)11-9;/h7-8H,1-6H2,(H,10,11);1H/t7-,8+;. The molecule has 3 aliphatic rings. The van der Waals surface area contributed by atoms with Gasteiger partial charge in [0.05, 0.1) is 38.5 Å². The summed E-state index contributed by atoms with van der Waals surface area (Å²) in [5, 5.41) is 3.42. The minimum Gasteiger partial charge on any atom is -0.378 e. The van der Waals surface area contributed by atoms with E-state index in [1.165, 1.54) is 0 Å². The van der Waals surface area contributed by atoms with Crippen LogP contribution in [0.1, 0.15) is 0 Å². The normalized spacial score (nSPS) is 34.1. The Morgan fingerprint density at radius 2 is 2.00 bits per heavy atom. The summed E-state index contributed by atoms with van der Waals surface area (Å²) in [5.41, 5.74) is 0. The van der Waals surface area contributed by atoms with Crippen molar-refractivity contribution in [2.24, 2.45) is 4.99 Å². The molecule has 2 fully saturated rings. The number of aliphatic imine (C=N–C) groups is 1. The Labute approximate surface area is 106 Å². The van der Waals surface area contributed by atoms with Gasteiger partial charge in [-0.05, 0) is 0 Å². The SMILES string of the molecule is C1CN(C2=N[C@H]3COC[C@H]3N2)CCO1.I. The fraction of sp³-hybridized carbons (Fsp3) is 0.889. The van der Waals surface area contributed by atoms with Crippen LogP contribution in [0.25, 0.3) is 0 Å². The van der Waals surface area contributed by atoms with Gasteiger partial charge < -0.3 is 19.7 Å². The van der Waals surface area contributed by atoms with E-state index in [9.17, 15) is 0 Å². The summed E-state index contributed by atoms with van der Waals surface area (Å²) < 4.78 is 10.6. The first kappa shape index (κ1) is 11.4. The van der Waals surface area contributed by atoms with Crippen molar-refractivity contribution in [1.29, 1.82) is 0 Å². The summed E-state index contributed by atoms with van der Waals surface area (Å²) in [7, 11) is 0. The quantitative estimate of drug-likeness (QED) is 0.619. The zero-order valence-corrected chi connectivity index (χ0v) is 10.8. The average molecular weight is 325 g/mol. The maximum absolute atomic E-state index is 5.33. The van der Waals surface area contributed by atoms with Crippen molar-refractivity contribution in [1.82, 2.24) is 10.2 Å². The number of fused-ring (bicyclic) bond motifs is 1. The minimum absolute atomic E-state index is 0. The predicted octanol–water partition coefficient (Wildman–Crippen LogP) is -0.337. The van der Waals surface area contributed by atoms with Crippen LogP contribution in [0.5, 0.6) is 0 Å². The number of halogens is 1. The molecule has 0 aromatic rings. The molecule has 3 heterocycles. The van der Waals surface area contributed by atoms with E-state index in [1.807, 2.05) is 0 Å². The van der Waals surface area contributed by atoms with Gasteiger partial charge in [0.15, 0.2) is 5.96 Å². The lowest BCUT2D eigenvalue weighted by atomic mass is 10.2. The van der Waals surface area contributed by atoms with Gasteiger partial charge >= 0.3 is 0 Å². The molecule has 86 valence electrons. The van der Waals surface area contributed by atoms with Crippen molar-refractivity contribution in [2.45, 2.75) is 12.1 Å². The van der Waals surface area contributed by atoms with Crippen molar-refractivity contribution >= 4 is 29.9 Å². The van der Waals surface area contributed by atoms with E-state index < -0.39 is 0 Å². The molecule has 5 nitrogen and oxygen atoms in total. The highest BCUT2D eigenvalue weighted by molar-refractivity contribution is 14.0. The molecule has 3 rings (SSSR count). The van der Waals surface area contributed by atoms with Crippen LogP contribution in [0.2, 0.25) is 0 Å².